The molecule has 9 heteroatoms. The van der Waals surface area contributed by atoms with Gasteiger partial charge in [0.25, 0.3) is 5.91 Å². The van der Waals surface area contributed by atoms with E-state index in [0.717, 1.165) is 65.9 Å². The Bertz CT molecular complexity index is 1480. The molecule has 2 saturated heterocycles. The number of likely N-dealkylation sites (N-methyl/N-ethyl adjacent to an activating group) is 1. The maximum absolute atomic E-state index is 13.1. The van der Waals surface area contributed by atoms with Gasteiger partial charge in [-0.05, 0) is 92.2 Å². The number of aryl methyl sites for hydroxylation is 2. The second-order valence-electron chi connectivity index (χ2n) is 9.64. The van der Waals surface area contributed by atoms with Crippen LogP contribution in [0.15, 0.2) is 58.4 Å². The molecule has 3 heterocycles. The lowest BCUT2D eigenvalue weighted by Crippen LogP contribution is -2.36. The molecule has 5 rings (SSSR count). The SMILES string of the molecule is COC(=O)c1ccc(C)c(-n2c(C)cc(/C=C3\SC(=Nc4ccc(N5CCOCC5)cc4)N(C)C3=O)c2C)c1. The predicted octanol–water partition coefficient (Wildman–Crippen LogP) is 5.26. The number of nitrogens with zero attached hydrogens (tertiary/aromatic N) is 4. The average molecular weight is 545 g/mol. The highest BCUT2D eigenvalue weighted by Crippen LogP contribution is 2.35. The van der Waals surface area contributed by atoms with Crippen LogP contribution in [0.2, 0.25) is 0 Å². The molecule has 0 N–H and O–H groups in total. The largest absolute Gasteiger partial charge is 0.465 e. The van der Waals surface area contributed by atoms with Crippen molar-refractivity contribution >= 4 is 46.3 Å². The number of ether oxygens (including phenoxy) is 2. The fourth-order valence-corrected chi connectivity index (χ4v) is 5.84. The maximum Gasteiger partial charge on any atom is 0.337 e. The van der Waals surface area contributed by atoms with Crippen LogP contribution in [0.5, 0.6) is 0 Å². The van der Waals surface area contributed by atoms with Gasteiger partial charge in [0.2, 0.25) is 0 Å². The molecule has 0 radical (unpaired) electrons. The number of benzene rings is 2. The van der Waals surface area contributed by atoms with Crippen LogP contribution < -0.4 is 4.90 Å². The molecule has 0 unspecified atom stereocenters. The third-order valence-electron chi connectivity index (χ3n) is 7.08. The Morgan fingerprint density at radius 1 is 1.05 bits per heavy atom. The van der Waals surface area contributed by atoms with Crippen LogP contribution >= 0.6 is 11.8 Å². The third kappa shape index (κ3) is 5.37. The van der Waals surface area contributed by atoms with Crippen LogP contribution in [0, 0.1) is 20.8 Å². The summed E-state index contributed by atoms with van der Waals surface area (Å²) in [7, 11) is 3.13. The molecular formula is C30H32N4O4S. The fraction of sp³-hybridized carbons (Fsp3) is 0.300. The minimum absolute atomic E-state index is 0.0858. The van der Waals surface area contributed by atoms with Gasteiger partial charge in [0.15, 0.2) is 5.17 Å². The highest BCUT2D eigenvalue weighted by Gasteiger charge is 2.31. The van der Waals surface area contributed by atoms with Gasteiger partial charge >= 0.3 is 5.97 Å². The minimum Gasteiger partial charge on any atom is -0.465 e. The fourth-order valence-electron chi connectivity index (χ4n) is 4.86. The molecule has 2 aliphatic rings. The molecule has 0 spiro atoms. The Kier molecular flexibility index (Phi) is 7.63. The number of amides is 1. The normalized spacial score (nSPS) is 17.9. The molecule has 2 aliphatic heterocycles. The molecule has 3 aromatic rings. The first-order chi connectivity index (χ1) is 18.8. The van der Waals surface area contributed by atoms with Crippen molar-refractivity contribution in [3.05, 3.63) is 81.5 Å². The minimum atomic E-state index is -0.375. The molecule has 0 aliphatic carbocycles. The summed E-state index contributed by atoms with van der Waals surface area (Å²) >= 11 is 1.37. The summed E-state index contributed by atoms with van der Waals surface area (Å²) in [6.07, 6.45) is 1.92. The number of aromatic nitrogens is 1. The molecular weight excluding hydrogens is 512 g/mol. The molecule has 1 amide bonds. The molecule has 8 nitrogen and oxygen atoms in total. The van der Waals surface area contributed by atoms with E-state index < -0.39 is 0 Å². The van der Waals surface area contributed by atoms with E-state index in [2.05, 4.69) is 27.7 Å². The Morgan fingerprint density at radius 3 is 2.46 bits per heavy atom. The van der Waals surface area contributed by atoms with E-state index in [9.17, 15) is 9.59 Å². The van der Waals surface area contributed by atoms with Crippen LogP contribution in [0.1, 0.15) is 32.9 Å². The monoisotopic (exact) mass is 544 g/mol. The molecule has 202 valence electrons. The number of aliphatic imine (C=N–C) groups is 1. The standard InChI is InChI=1S/C30H32N4O4S/c1-19-6-7-22(29(36)37-5)17-26(19)34-20(2)16-23(21(34)3)18-27-28(35)32(4)30(39-27)31-24-8-10-25(11-9-24)33-12-14-38-15-13-33/h6-11,16-18H,12-15H2,1-5H3/b27-18-,31-30?. The van der Waals surface area contributed by atoms with Crippen LogP contribution in [0.4, 0.5) is 11.4 Å². The van der Waals surface area contributed by atoms with E-state index in [1.165, 1.54) is 18.9 Å². The van der Waals surface area contributed by atoms with Gasteiger partial charge in [-0.1, -0.05) is 6.07 Å². The number of carbonyl (C=O) groups excluding carboxylic acids is 2. The summed E-state index contributed by atoms with van der Waals surface area (Å²) in [5, 5.41) is 0.640. The number of thioether (sulfide) groups is 1. The van der Waals surface area contributed by atoms with Crippen molar-refractivity contribution in [2.75, 3.05) is 45.4 Å². The van der Waals surface area contributed by atoms with E-state index in [4.69, 9.17) is 14.5 Å². The summed E-state index contributed by atoms with van der Waals surface area (Å²) in [5.74, 6) is -0.461. The predicted molar refractivity (Wildman–Crippen MR) is 156 cm³/mol. The van der Waals surface area contributed by atoms with Gasteiger partial charge in [-0.2, -0.15) is 0 Å². The van der Waals surface area contributed by atoms with Crippen LogP contribution in [0.3, 0.4) is 0 Å². The van der Waals surface area contributed by atoms with E-state index >= 15 is 0 Å². The topological polar surface area (TPSA) is 76.4 Å². The van der Waals surface area contributed by atoms with Gasteiger partial charge in [0.1, 0.15) is 0 Å². The molecule has 39 heavy (non-hydrogen) atoms. The number of methoxy groups -OCH3 is 1. The van der Waals surface area contributed by atoms with Crippen LogP contribution in [-0.4, -0.2) is 67.0 Å². The summed E-state index contributed by atoms with van der Waals surface area (Å²) in [6, 6.07) is 15.7. The highest BCUT2D eigenvalue weighted by molar-refractivity contribution is 8.18. The zero-order chi connectivity index (χ0) is 27.7. The Morgan fingerprint density at radius 2 is 1.77 bits per heavy atom. The Labute approximate surface area is 232 Å². The lowest BCUT2D eigenvalue weighted by molar-refractivity contribution is -0.121. The van der Waals surface area contributed by atoms with Crippen LogP contribution in [0.25, 0.3) is 11.8 Å². The van der Waals surface area contributed by atoms with Crippen molar-refractivity contribution in [3.8, 4) is 5.69 Å². The number of morpholine rings is 1. The van der Waals surface area contributed by atoms with Gasteiger partial charge in [0.05, 0.1) is 36.5 Å². The molecule has 2 aromatic carbocycles. The Balaban J connectivity index is 1.41. The van der Waals surface area contributed by atoms with Crippen molar-refractivity contribution in [1.29, 1.82) is 0 Å². The van der Waals surface area contributed by atoms with Crippen molar-refractivity contribution < 1.29 is 19.1 Å². The van der Waals surface area contributed by atoms with Crippen molar-refractivity contribution in [3.63, 3.8) is 0 Å². The van der Waals surface area contributed by atoms with E-state index in [1.54, 1.807) is 18.0 Å². The Hall–Kier alpha value is -3.82. The van der Waals surface area contributed by atoms with Gasteiger partial charge in [-0.3, -0.25) is 9.69 Å². The number of hydrogen-bond donors (Lipinski definition) is 0. The smallest absolute Gasteiger partial charge is 0.337 e. The molecule has 0 atom stereocenters. The third-order valence-corrected chi connectivity index (χ3v) is 8.14. The number of carbonyl (C=O) groups is 2. The van der Waals surface area contributed by atoms with E-state index in [-0.39, 0.29) is 11.9 Å². The van der Waals surface area contributed by atoms with Crippen molar-refractivity contribution in [2.24, 2.45) is 4.99 Å². The van der Waals surface area contributed by atoms with E-state index in [1.807, 2.05) is 51.1 Å². The van der Waals surface area contributed by atoms with Gasteiger partial charge in [-0.25, -0.2) is 9.79 Å². The number of amidine groups is 1. The first-order valence-electron chi connectivity index (χ1n) is 12.8. The first kappa shape index (κ1) is 26.8. The summed E-state index contributed by atoms with van der Waals surface area (Å²) in [4.78, 5) is 34.5. The van der Waals surface area contributed by atoms with E-state index in [0.29, 0.717) is 15.6 Å². The molecule has 2 fully saturated rings. The van der Waals surface area contributed by atoms with Gasteiger partial charge < -0.3 is 18.9 Å². The molecule has 0 bridgehead atoms. The number of esters is 1. The zero-order valence-electron chi connectivity index (χ0n) is 22.9. The number of hydrogen-bond acceptors (Lipinski definition) is 7. The first-order valence-corrected chi connectivity index (χ1v) is 13.7. The van der Waals surface area contributed by atoms with Gasteiger partial charge in [-0.15, -0.1) is 0 Å². The van der Waals surface area contributed by atoms with Crippen molar-refractivity contribution in [2.45, 2.75) is 20.8 Å². The summed E-state index contributed by atoms with van der Waals surface area (Å²) in [5.41, 5.74) is 7.30. The highest BCUT2D eigenvalue weighted by atomic mass is 32.2. The lowest BCUT2D eigenvalue weighted by atomic mass is 10.1. The van der Waals surface area contributed by atoms with Crippen molar-refractivity contribution in [1.82, 2.24) is 9.47 Å². The summed E-state index contributed by atoms with van der Waals surface area (Å²) < 4.78 is 12.5. The van der Waals surface area contributed by atoms with Gasteiger partial charge in [0, 0.05) is 42.9 Å². The second-order valence-corrected chi connectivity index (χ2v) is 10.6. The summed E-state index contributed by atoms with van der Waals surface area (Å²) in [6.45, 7) is 9.28. The number of anilines is 1. The quantitative estimate of drug-likeness (QED) is 0.322. The molecule has 1 aromatic heterocycles. The average Bonchev–Trinajstić information content (AvgIpc) is 3.38. The second kappa shape index (κ2) is 11.1. The van der Waals surface area contributed by atoms with Crippen LogP contribution in [-0.2, 0) is 14.3 Å². The molecule has 0 saturated carbocycles. The zero-order valence-corrected chi connectivity index (χ0v) is 23.7. The maximum atomic E-state index is 13.1. The lowest BCUT2D eigenvalue weighted by Gasteiger charge is -2.28. The number of rotatable bonds is 5.